The van der Waals surface area contributed by atoms with E-state index in [9.17, 15) is 28.5 Å². The number of rotatable bonds is 42. The Balaban J connectivity index is 2.39. The van der Waals surface area contributed by atoms with E-state index in [4.69, 9.17) is 23.5 Å². The molecule has 0 bridgehead atoms. The Bertz CT molecular complexity index is 1210. The van der Waals surface area contributed by atoms with E-state index in [1.54, 1.807) is 0 Å². The molecule has 1 fully saturated rings. The highest BCUT2D eigenvalue weighted by Crippen LogP contribution is 2.26. The van der Waals surface area contributed by atoms with Gasteiger partial charge >= 0.3 is 16.4 Å². The Morgan fingerprint density at radius 2 is 1.08 bits per heavy atom. The van der Waals surface area contributed by atoms with Crippen molar-refractivity contribution in [1.29, 1.82) is 0 Å². The number of ether oxygens (including phenoxy) is 4. The topological polar surface area (TPSA) is 178 Å². The number of hydrogen-bond donors (Lipinski definition) is 4. The van der Waals surface area contributed by atoms with Gasteiger partial charge < -0.3 is 34.3 Å². The predicted molar refractivity (Wildman–Crippen MR) is 243 cm³/mol. The summed E-state index contributed by atoms with van der Waals surface area (Å²) in [5, 5.41) is 30.7. The molecule has 12 nitrogen and oxygen atoms in total. The van der Waals surface area contributed by atoms with Gasteiger partial charge in [0.2, 0.25) is 0 Å². The van der Waals surface area contributed by atoms with Gasteiger partial charge in [0.25, 0.3) is 0 Å². The lowest BCUT2D eigenvalue weighted by Crippen LogP contribution is -2.60. The zero-order chi connectivity index (χ0) is 44.7. The molecule has 358 valence electrons. The highest BCUT2D eigenvalue weighted by molar-refractivity contribution is 7.80. The monoisotopic (exact) mass is 889 g/mol. The smallest absolute Gasteiger partial charge is 0.397 e. The molecule has 1 heterocycles. The summed E-state index contributed by atoms with van der Waals surface area (Å²) in [6, 6.07) is 0. The van der Waals surface area contributed by atoms with Crippen LogP contribution in [-0.4, -0.2) is 97.5 Å². The maximum Gasteiger partial charge on any atom is 0.397 e. The lowest BCUT2D eigenvalue weighted by molar-refractivity contribution is -0.301. The number of aliphatic hydroxyl groups excluding tert-OH is 3. The first-order valence-electron chi connectivity index (χ1n) is 24.2. The molecule has 6 unspecified atom stereocenters. The average Bonchev–Trinajstić information content (AvgIpc) is 3.23. The lowest BCUT2D eigenvalue weighted by Gasteiger charge is -2.41. The largest absolute Gasteiger partial charge is 0.457 e. The number of unbranched alkanes of at least 4 members (excludes halogenated alkanes) is 23. The molecular weight excluding hydrogens is 801 g/mol. The molecule has 1 saturated heterocycles. The van der Waals surface area contributed by atoms with E-state index in [-0.39, 0.29) is 19.6 Å². The second-order valence-corrected chi connectivity index (χ2v) is 17.8. The molecule has 0 amide bonds. The van der Waals surface area contributed by atoms with E-state index < -0.39 is 59.8 Å². The van der Waals surface area contributed by atoms with Gasteiger partial charge in [-0.25, -0.2) is 4.18 Å². The van der Waals surface area contributed by atoms with Crippen molar-refractivity contribution in [3.05, 3.63) is 36.5 Å². The second-order valence-electron chi connectivity index (χ2n) is 16.7. The number of allylic oxidation sites excluding steroid dienone is 6. The van der Waals surface area contributed by atoms with Gasteiger partial charge in [0, 0.05) is 13.0 Å². The van der Waals surface area contributed by atoms with Gasteiger partial charge in [0.15, 0.2) is 6.29 Å². The third-order valence-corrected chi connectivity index (χ3v) is 11.5. The van der Waals surface area contributed by atoms with E-state index >= 15 is 0 Å². The first-order valence-corrected chi connectivity index (χ1v) is 25.6. The molecule has 0 spiro atoms. The third-order valence-electron chi connectivity index (χ3n) is 11.0. The fraction of sp³-hybridized carbons (Fsp3) is 0.854. The zero-order valence-corrected chi connectivity index (χ0v) is 39.0. The fourth-order valence-corrected chi connectivity index (χ4v) is 7.84. The quantitative estimate of drug-likeness (QED) is 0.0198. The molecule has 1 aliphatic heterocycles. The summed E-state index contributed by atoms with van der Waals surface area (Å²) in [5.74, 6) is -0.410. The van der Waals surface area contributed by atoms with Crippen LogP contribution in [0.1, 0.15) is 200 Å². The van der Waals surface area contributed by atoms with Crippen LogP contribution in [0.3, 0.4) is 0 Å². The van der Waals surface area contributed by atoms with Crippen molar-refractivity contribution in [2.24, 2.45) is 0 Å². The standard InChI is InChI=1S/C48H88O12S/c1-3-5-7-9-11-13-15-17-18-19-20-21-22-23-24-25-27-29-31-33-35-37-44(50)58-42(40-56-38-36-34-32-30-28-26-16-14-12-10-8-6-4-2)41-57-48-46(52)47(60-61(53,54)55)45(51)43(39-49)59-48/h15,17,19-20,22-23,42-43,45-49,51-52H,3-14,16,18,21,24-41H2,1-2H3,(H,53,54,55)/b17-15-,20-19-,23-22-. The summed E-state index contributed by atoms with van der Waals surface area (Å²) < 4.78 is 59.1. The van der Waals surface area contributed by atoms with Crippen LogP contribution in [0.15, 0.2) is 36.5 Å². The molecule has 4 N–H and O–H groups in total. The van der Waals surface area contributed by atoms with Crippen molar-refractivity contribution in [1.82, 2.24) is 0 Å². The third kappa shape index (κ3) is 33.5. The first kappa shape index (κ1) is 57.3. The molecule has 1 aliphatic rings. The number of esters is 1. The molecule has 0 aromatic heterocycles. The van der Waals surface area contributed by atoms with Crippen molar-refractivity contribution in [3.63, 3.8) is 0 Å². The van der Waals surface area contributed by atoms with Gasteiger partial charge in [0.1, 0.15) is 30.5 Å². The van der Waals surface area contributed by atoms with Crippen LogP contribution < -0.4 is 0 Å². The molecule has 1 rings (SSSR count). The molecule has 0 aromatic carbocycles. The van der Waals surface area contributed by atoms with Crippen LogP contribution in [0.4, 0.5) is 0 Å². The van der Waals surface area contributed by atoms with Crippen molar-refractivity contribution in [3.8, 4) is 0 Å². The predicted octanol–water partition coefficient (Wildman–Crippen LogP) is 10.6. The van der Waals surface area contributed by atoms with Gasteiger partial charge in [0.05, 0.1) is 19.8 Å². The molecule has 0 saturated carbocycles. The maximum absolute atomic E-state index is 12.9. The van der Waals surface area contributed by atoms with Gasteiger partial charge in [-0.05, 0) is 51.4 Å². The Kier molecular flexibility index (Phi) is 37.5. The van der Waals surface area contributed by atoms with Gasteiger partial charge in [-0.15, -0.1) is 0 Å². The number of carbonyl (C=O) groups is 1. The SMILES string of the molecule is CCCCCCC/C=C\C/C=C\C/C=C\CCCCCCCCC(=O)OC(COCCCCCCCCCCCCCCC)COC1OC(CO)C(O)C(OS(=O)(=O)O)C1O. The molecular formula is C48H88O12S. The number of hydrogen-bond acceptors (Lipinski definition) is 11. The maximum atomic E-state index is 12.9. The van der Waals surface area contributed by atoms with Crippen LogP contribution in [0.25, 0.3) is 0 Å². The van der Waals surface area contributed by atoms with E-state index in [0.29, 0.717) is 13.0 Å². The molecule has 61 heavy (non-hydrogen) atoms. The molecule has 0 aliphatic carbocycles. The summed E-state index contributed by atoms with van der Waals surface area (Å²) in [6.45, 7) is 3.98. The Morgan fingerprint density at radius 1 is 0.623 bits per heavy atom. The van der Waals surface area contributed by atoms with Crippen molar-refractivity contribution < 1.29 is 56.2 Å². The molecule has 13 heteroatoms. The molecule has 0 aromatic rings. The first-order chi connectivity index (χ1) is 29.6. The minimum absolute atomic E-state index is 0.0329. The highest BCUT2D eigenvalue weighted by Gasteiger charge is 2.48. The van der Waals surface area contributed by atoms with Crippen LogP contribution in [0, 0.1) is 0 Å². The van der Waals surface area contributed by atoms with Crippen LogP contribution >= 0.6 is 0 Å². The molecule has 6 atom stereocenters. The van der Waals surface area contributed by atoms with E-state index in [0.717, 1.165) is 70.6 Å². The average molecular weight is 889 g/mol. The van der Waals surface area contributed by atoms with Crippen molar-refractivity contribution in [2.45, 2.75) is 237 Å². The van der Waals surface area contributed by atoms with E-state index in [1.165, 1.54) is 103 Å². The lowest BCUT2D eigenvalue weighted by atomic mass is 9.99. The van der Waals surface area contributed by atoms with E-state index in [1.807, 2.05) is 0 Å². The second kappa shape index (κ2) is 39.9. The summed E-state index contributed by atoms with van der Waals surface area (Å²) in [4.78, 5) is 12.9. The Hall–Kier alpha value is -1.68. The van der Waals surface area contributed by atoms with Gasteiger partial charge in [-0.2, -0.15) is 8.42 Å². The Morgan fingerprint density at radius 3 is 1.57 bits per heavy atom. The number of aliphatic hydroxyl groups is 3. The van der Waals surface area contributed by atoms with Gasteiger partial charge in [-0.1, -0.05) is 179 Å². The number of carbonyl (C=O) groups excluding carboxylic acids is 1. The van der Waals surface area contributed by atoms with E-state index in [2.05, 4.69) is 54.5 Å². The summed E-state index contributed by atoms with van der Waals surface area (Å²) in [7, 11) is -5.06. The fourth-order valence-electron chi connectivity index (χ4n) is 7.33. The normalized spacial score (nSPS) is 20.4. The minimum Gasteiger partial charge on any atom is -0.457 e. The highest BCUT2D eigenvalue weighted by atomic mass is 32.3. The van der Waals surface area contributed by atoms with Crippen LogP contribution in [-0.2, 0) is 38.3 Å². The van der Waals surface area contributed by atoms with Crippen LogP contribution in [0.5, 0.6) is 0 Å². The Labute approximate surface area is 371 Å². The zero-order valence-electron chi connectivity index (χ0n) is 38.2. The van der Waals surface area contributed by atoms with Crippen LogP contribution in [0.2, 0.25) is 0 Å². The summed E-state index contributed by atoms with van der Waals surface area (Å²) in [6.07, 6.45) is 37.4. The summed E-state index contributed by atoms with van der Waals surface area (Å²) >= 11 is 0. The van der Waals surface area contributed by atoms with Crippen molar-refractivity contribution in [2.75, 3.05) is 26.4 Å². The van der Waals surface area contributed by atoms with Gasteiger partial charge in [-0.3, -0.25) is 9.35 Å². The molecule has 0 radical (unpaired) electrons. The summed E-state index contributed by atoms with van der Waals surface area (Å²) in [5.41, 5.74) is 0. The van der Waals surface area contributed by atoms with Crippen molar-refractivity contribution >= 4 is 16.4 Å². The minimum atomic E-state index is -5.06.